The van der Waals surface area contributed by atoms with Crippen LogP contribution in [0.15, 0.2) is 88.5 Å². The van der Waals surface area contributed by atoms with E-state index in [-0.39, 0.29) is 17.5 Å². The summed E-state index contributed by atoms with van der Waals surface area (Å²) in [5, 5.41) is 11.9. The van der Waals surface area contributed by atoms with Gasteiger partial charge in [-0.2, -0.15) is 0 Å². The molecule has 0 aliphatic rings. The number of halogens is 2. The SMILES string of the molecule is O=C(CSc1nnc(-c2ccccc2F)n1Cc1ccccc1)Nc1ccccc1Br. The maximum Gasteiger partial charge on any atom is 0.234 e. The van der Waals surface area contributed by atoms with Gasteiger partial charge in [-0.25, -0.2) is 4.39 Å². The molecule has 3 aromatic carbocycles. The van der Waals surface area contributed by atoms with Crippen molar-refractivity contribution in [1.29, 1.82) is 0 Å². The summed E-state index contributed by atoms with van der Waals surface area (Å²) in [5.41, 5.74) is 2.10. The highest BCUT2D eigenvalue weighted by Crippen LogP contribution is 2.27. The van der Waals surface area contributed by atoms with E-state index in [1.54, 1.807) is 18.2 Å². The number of aromatic nitrogens is 3. The number of amides is 1. The molecule has 0 aliphatic heterocycles. The monoisotopic (exact) mass is 496 g/mol. The first kappa shape index (κ1) is 21.3. The minimum absolute atomic E-state index is 0.144. The molecule has 1 aromatic heterocycles. The van der Waals surface area contributed by atoms with Gasteiger partial charge in [-0.15, -0.1) is 10.2 Å². The number of anilines is 1. The molecule has 0 saturated heterocycles. The van der Waals surface area contributed by atoms with E-state index in [2.05, 4.69) is 31.4 Å². The first-order valence-electron chi connectivity index (χ1n) is 9.51. The number of thioether (sulfide) groups is 1. The summed E-state index contributed by atoms with van der Waals surface area (Å²) in [6.07, 6.45) is 0. The molecule has 0 aliphatic carbocycles. The van der Waals surface area contributed by atoms with Crippen molar-refractivity contribution >= 4 is 39.3 Å². The van der Waals surface area contributed by atoms with Crippen LogP contribution in [0.5, 0.6) is 0 Å². The lowest BCUT2D eigenvalue weighted by atomic mass is 10.2. The Hall–Kier alpha value is -2.97. The highest BCUT2D eigenvalue weighted by Gasteiger charge is 2.18. The molecule has 8 heteroatoms. The average Bonchev–Trinajstić information content (AvgIpc) is 3.17. The third-order valence-electron chi connectivity index (χ3n) is 4.50. The van der Waals surface area contributed by atoms with Crippen LogP contribution in [-0.2, 0) is 11.3 Å². The summed E-state index contributed by atoms with van der Waals surface area (Å²) in [7, 11) is 0. The Kier molecular flexibility index (Phi) is 6.79. The fourth-order valence-corrected chi connectivity index (χ4v) is 4.15. The van der Waals surface area contributed by atoms with E-state index in [0.29, 0.717) is 28.8 Å². The van der Waals surface area contributed by atoms with Gasteiger partial charge in [0.05, 0.1) is 23.5 Å². The lowest BCUT2D eigenvalue weighted by Gasteiger charge is -2.11. The molecule has 5 nitrogen and oxygen atoms in total. The van der Waals surface area contributed by atoms with E-state index in [4.69, 9.17) is 0 Å². The van der Waals surface area contributed by atoms with E-state index in [1.807, 2.05) is 59.2 Å². The van der Waals surface area contributed by atoms with E-state index in [0.717, 1.165) is 10.0 Å². The molecule has 0 bridgehead atoms. The van der Waals surface area contributed by atoms with E-state index in [1.165, 1.54) is 17.8 Å². The van der Waals surface area contributed by atoms with Crippen LogP contribution in [0.4, 0.5) is 10.1 Å². The third kappa shape index (κ3) is 5.21. The molecular formula is C23H18BrFN4OS. The number of rotatable bonds is 7. The maximum absolute atomic E-state index is 14.4. The predicted octanol–water partition coefficient (Wildman–Crippen LogP) is 5.63. The number of benzene rings is 3. The molecule has 0 spiro atoms. The van der Waals surface area contributed by atoms with Gasteiger partial charge >= 0.3 is 0 Å². The van der Waals surface area contributed by atoms with Gasteiger partial charge in [0.15, 0.2) is 11.0 Å². The summed E-state index contributed by atoms with van der Waals surface area (Å²) in [5.74, 6) is 0.0348. The fourth-order valence-electron chi connectivity index (χ4n) is 3.02. The molecule has 1 heterocycles. The third-order valence-corrected chi connectivity index (χ3v) is 6.15. The number of nitrogens with one attached hydrogen (secondary N) is 1. The summed E-state index contributed by atoms with van der Waals surface area (Å²) >= 11 is 4.68. The van der Waals surface area contributed by atoms with Crippen molar-refractivity contribution in [2.24, 2.45) is 0 Å². The van der Waals surface area contributed by atoms with Gasteiger partial charge in [0.25, 0.3) is 0 Å². The molecule has 4 rings (SSSR count). The normalized spacial score (nSPS) is 10.8. The van der Waals surface area contributed by atoms with Crippen molar-refractivity contribution in [3.8, 4) is 11.4 Å². The fraction of sp³-hybridized carbons (Fsp3) is 0.0870. The Bertz CT molecular complexity index is 1200. The molecule has 1 N–H and O–H groups in total. The van der Waals surface area contributed by atoms with E-state index in [9.17, 15) is 9.18 Å². The second kappa shape index (κ2) is 9.89. The Labute approximate surface area is 191 Å². The van der Waals surface area contributed by atoms with Gasteiger partial charge in [-0.05, 0) is 45.8 Å². The number of para-hydroxylation sites is 1. The van der Waals surface area contributed by atoms with Gasteiger partial charge in [0.2, 0.25) is 5.91 Å². The number of nitrogens with zero attached hydrogens (tertiary/aromatic N) is 3. The van der Waals surface area contributed by atoms with Crippen LogP contribution < -0.4 is 5.32 Å². The van der Waals surface area contributed by atoms with Crippen molar-refractivity contribution in [2.45, 2.75) is 11.7 Å². The summed E-state index contributed by atoms with van der Waals surface area (Å²) in [6.45, 7) is 0.464. The molecular weight excluding hydrogens is 479 g/mol. The second-order valence-corrected chi connectivity index (χ2v) is 8.47. The van der Waals surface area contributed by atoms with Crippen molar-refractivity contribution in [1.82, 2.24) is 14.8 Å². The quantitative estimate of drug-likeness (QED) is 0.337. The number of carbonyl (C=O) groups excluding carboxylic acids is 1. The first-order chi connectivity index (χ1) is 15.1. The minimum Gasteiger partial charge on any atom is -0.324 e. The largest absolute Gasteiger partial charge is 0.324 e. The first-order valence-corrected chi connectivity index (χ1v) is 11.3. The Morgan fingerprint density at radius 2 is 1.68 bits per heavy atom. The number of carbonyl (C=O) groups is 1. The Morgan fingerprint density at radius 3 is 2.45 bits per heavy atom. The molecule has 0 saturated carbocycles. The molecule has 31 heavy (non-hydrogen) atoms. The minimum atomic E-state index is -0.368. The van der Waals surface area contributed by atoms with Gasteiger partial charge in [-0.1, -0.05) is 66.4 Å². The average molecular weight is 497 g/mol. The predicted molar refractivity (Wildman–Crippen MR) is 124 cm³/mol. The highest BCUT2D eigenvalue weighted by molar-refractivity contribution is 9.10. The Balaban J connectivity index is 1.57. The van der Waals surface area contributed by atoms with Crippen molar-refractivity contribution in [2.75, 3.05) is 11.1 Å². The lowest BCUT2D eigenvalue weighted by Crippen LogP contribution is -2.15. The highest BCUT2D eigenvalue weighted by atomic mass is 79.9. The number of hydrogen-bond donors (Lipinski definition) is 1. The van der Waals surface area contributed by atoms with Gasteiger partial charge < -0.3 is 5.32 Å². The standard InChI is InChI=1S/C23H18BrFN4OS/c24-18-11-5-7-13-20(18)26-21(30)15-31-23-28-27-22(17-10-4-6-12-19(17)25)29(23)14-16-8-2-1-3-9-16/h1-13H,14-15H2,(H,26,30). The van der Waals surface area contributed by atoms with Crippen LogP contribution >= 0.6 is 27.7 Å². The van der Waals surface area contributed by atoms with Crippen LogP contribution in [0.3, 0.4) is 0 Å². The van der Waals surface area contributed by atoms with Crippen LogP contribution in [0, 0.1) is 5.82 Å². The van der Waals surface area contributed by atoms with Gasteiger partial charge in [0.1, 0.15) is 5.82 Å². The zero-order valence-electron chi connectivity index (χ0n) is 16.3. The zero-order valence-corrected chi connectivity index (χ0v) is 18.7. The van der Waals surface area contributed by atoms with Gasteiger partial charge in [0, 0.05) is 4.47 Å². The van der Waals surface area contributed by atoms with Crippen molar-refractivity contribution in [3.63, 3.8) is 0 Å². The maximum atomic E-state index is 14.4. The second-order valence-electron chi connectivity index (χ2n) is 6.67. The van der Waals surface area contributed by atoms with E-state index < -0.39 is 0 Å². The molecule has 0 radical (unpaired) electrons. The molecule has 156 valence electrons. The molecule has 0 unspecified atom stereocenters. The van der Waals surface area contributed by atoms with Crippen molar-refractivity contribution in [3.05, 3.63) is 94.7 Å². The number of hydrogen-bond acceptors (Lipinski definition) is 4. The molecule has 1 amide bonds. The lowest BCUT2D eigenvalue weighted by molar-refractivity contribution is -0.113. The Morgan fingerprint density at radius 1 is 0.968 bits per heavy atom. The summed E-state index contributed by atoms with van der Waals surface area (Å²) < 4.78 is 17.1. The molecule has 0 atom stereocenters. The summed E-state index contributed by atoms with van der Waals surface area (Å²) in [6, 6.07) is 23.7. The van der Waals surface area contributed by atoms with Crippen LogP contribution in [0.1, 0.15) is 5.56 Å². The zero-order chi connectivity index (χ0) is 21.6. The van der Waals surface area contributed by atoms with Crippen LogP contribution in [0.25, 0.3) is 11.4 Å². The van der Waals surface area contributed by atoms with Gasteiger partial charge in [-0.3, -0.25) is 9.36 Å². The van der Waals surface area contributed by atoms with Crippen molar-refractivity contribution < 1.29 is 9.18 Å². The summed E-state index contributed by atoms with van der Waals surface area (Å²) in [4.78, 5) is 12.5. The van der Waals surface area contributed by atoms with E-state index >= 15 is 0 Å². The molecule has 0 fully saturated rings. The van der Waals surface area contributed by atoms with Crippen LogP contribution in [-0.4, -0.2) is 26.4 Å². The molecule has 4 aromatic rings. The van der Waals surface area contributed by atoms with Crippen LogP contribution in [0.2, 0.25) is 0 Å². The smallest absolute Gasteiger partial charge is 0.234 e. The topological polar surface area (TPSA) is 59.8 Å².